The van der Waals surface area contributed by atoms with Gasteiger partial charge in [0.2, 0.25) is 0 Å². The van der Waals surface area contributed by atoms with Gasteiger partial charge < -0.3 is 0 Å². The highest BCUT2D eigenvalue weighted by Crippen LogP contribution is 2.21. The number of rotatable bonds is 0. The molecule has 3 aromatic rings. The predicted octanol–water partition coefficient (Wildman–Crippen LogP) is 3.39. The second kappa shape index (κ2) is 2.81. The van der Waals surface area contributed by atoms with Gasteiger partial charge in [0.25, 0.3) is 0 Å². The number of hydrogen-bond donors (Lipinski definition) is 0. The zero-order valence-corrected chi connectivity index (χ0v) is 7.64. The van der Waals surface area contributed by atoms with Gasteiger partial charge in [-0.3, -0.25) is 4.98 Å². The minimum absolute atomic E-state index is 1.20. The van der Waals surface area contributed by atoms with Crippen LogP contribution in [0.15, 0.2) is 54.9 Å². The standard InChI is InChI=1S/C13H9N/c1-2-4-11-8-13-9-14-6-5-12(13)7-10(11)3-1/h1-9H. The first-order valence-corrected chi connectivity index (χ1v) is 4.66. The van der Waals surface area contributed by atoms with Crippen molar-refractivity contribution in [3.05, 3.63) is 54.9 Å². The van der Waals surface area contributed by atoms with E-state index in [2.05, 4.69) is 41.4 Å². The monoisotopic (exact) mass is 179 g/mol. The third-order valence-electron chi connectivity index (χ3n) is 2.51. The van der Waals surface area contributed by atoms with E-state index in [1.54, 1.807) is 0 Å². The summed E-state index contributed by atoms with van der Waals surface area (Å²) in [5.74, 6) is 0. The summed E-state index contributed by atoms with van der Waals surface area (Å²) in [7, 11) is 0. The molecule has 2 aromatic carbocycles. The van der Waals surface area contributed by atoms with Crippen molar-refractivity contribution < 1.29 is 0 Å². The number of fused-ring (bicyclic) bond motifs is 2. The van der Waals surface area contributed by atoms with Crippen molar-refractivity contribution in [2.75, 3.05) is 0 Å². The molecule has 14 heavy (non-hydrogen) atoms. The maximum atomic E-state index is 4.12. The molecule has 0 aliphatic rings. The van der Waals surface area contributed by atoms with E-state index in [1.807, 2.05) is 18.5 Å². The smallest absolute Gasteiger partial charge is 0.0346 e. The van der Waals surface area contributed by atoms with Gasteiger partial charge >= 0.3 is 0 Å². The maximum absolute atomic E-state index is 4.12. The van der Waals surface area contributed by atoms with E-state index in [-0.39, 0.29) is 0 Å². The number of hydrogen-bond acceptors (Lipinski definition) is 1. The van der Waals surface area contributed by atoms with Gasteiger partial charge in [-0.15, -0.1) is 0 Å². The molecule has 0 aliphatic carbocycles. The highest BCUT2D eigenvalue weighted by atomic mass is 14.6. The quantitative estimate of drug-likeness (QED) is 0.482. The lowest BCUT2D eigenvalue weighted by atomic mass is 10.1. The van der Waals surface area contributed by atoms with Gasteiger partial charge in [0, 0.05) is 17.8 Å². The SMILES string of the molecule is c1ccc2cc3cnccc3cc2c1. The van der Waals surface area contributed by atoms with E-state index in [0.717, 1.165) is 0 Å². The van der Waals surface area contributed by atoms with Crippen molar-refractivity contribution in [1.29, 1.82) is 0 Å². The molecular weight excluding hydrogens is 170 g/mol. The van der Waals surface area contributed by atoms with Gasteiger partial charge in [0.15, 0.2) is 0 Å². The maximum Gasteiger partial charge on any atom is 0.0346 e. The zero-order valence-electron chi connectivity index (χ0n) is 7.64. The van der Waals surface area contributed by atoms with Crippen LogP contribution in [-0.2, 0) is 0 Å². The molecule has 0 radical (unpaired) electrons. The molecule has 0 saturated heterocycles. The van der Waals surface area contributed by atoms with Crippen LogP contribution >= 0.6 is 0 Å². The van der Waals surface area contributed by atoms with E-state index in [1.165, 1.54) is 21.5 Å². The molecule has 1 heteroatoms. The Bertz CT molecular complexity index is 494. The van der Waals surface area contributed by atoms with Crippen molar-refractivity contribution in [2.24, 2.45) is 0 Å². The average Bonchev–Trinajstić information content (AvgIpc) is 2.26. The molecule has 3 rings (SSSR count). The number of nitrogens with zero attached hydrogens (tertiary/aromatic N) is 1. The predicted molar refractivity (Wildman–Crippen MR) is 59.2 cm³/mol. The molecule has 0 spiro atoms. The molecule has 66 valence electrons. The normalized spacial score (nSPS) is 10.9. The van der Waals surface area contributed by atoms with Gasteiger partial charge in [-0.1, -0.05) is 24.3 Å². The van der Waals surface area contributed by atoms with Gasteiger partial charge in [-0.25, -0.2) is 0 Å². The Labute approximate surface area is 82.0 Å². The molecule has 0 fully saturated rings. The van der Waals surface area contributed by atoms with Crippen LogP contribution in [0.5, 0.6) is 0 Å². The Morgan fingerprint density at radius 2 is 1.36 bits per heavy atom. The van der Waals surface area contributed by atoms with Crippen molar-refractivity contribution >= 4 is 21.5 Å². The first-order chi connectivity index (χ1) is 6.93. The van der Waals surface area contributed by atoms with Crippen LogP contribution in [0.4, 0.5) is 0 Å². The lowest BCUT2D eigenvalue weighted by molar-refractivity contribution is 1.37. The van der Waals surface area contributed by atoms with E-state index >= 15 is 0 Å². The lowest BCUT2D eigenvalue weighted by Crippen LogP contribution is -1.76. The minimum atomic E-state index is 1.20. The molecule has 1 aromatic heterocycles. The van der Waals surface area contributed by atoms with Crippen LogP contribution in [0.25, 0.3) is 21.5 Å². The minimum Gasteiger partial charge on any atom is -0.264 e. The first-order valence-electron chi connectivity index (χ1n) is 4.66. The van der Waals surface area contributed by atoms with Gasteiger partial charge in [-0.2, -0.15) is 0 Å². The Balaban J connectivity index is 2.52. The summed E-state index contributed by atoms with van der Waals surface area (Å²) in [5.41, 5.74) is 0. The second-order valence-corrected chi connectivity index (χ2v) is 3.42. The first kappa shape index (κ1) is 7.51. The topological polar surface area (TPSA) is 12.9 Å². The van der Waals surface area contributed by atoms with Gasteiger partial charge in [0.05, 0.1) is 0 Å². The summed E-state index contributed by atoms with van der Waals surface area (Å²) >= 11 is 0. The van der Waals surface area contributed by atoms with Crippen molar-refractivity contribution in [1.82, 2.24) is 4.98 Å². The summed E-state index contributed by atoms with van der Waals surface area (Å²) < 4.78 is 0. The van der Waals surface area contributed by atoms with Gasteiger partial charge in [-0.05, 0) is 34.4 Å². The van der Waals surface area contributed by atoms with E-state index < -0.39 is 0 Å². The Morgan fingerprint density at radius 1 is 0.714 bits per heavy atom. The fraction of sp³-hybridized carbons (Fsp3) is 0. The van der Waals surface area contributed by atoms with E-state index in [4.69, 9.17) is 0 Å². The largest absolute Gasteiger partial charge is 0.264 e. The summed E-state index contributed by atoms with van der Waals surface area (Å²) in [5, 5.41) is 5.00. The number of benzene rings is 2. The summed E-state index contributed by atoms with van der Waals surface area (Å²) in [4.78, 5) is 4.12. The van der Waals surface area contributed by atoms with Crippen molar-refractivity contribution in [2.45, 2.75) is 0 Å². The Kier molecular flexibility index (Phi) is 1.51. The molecule has 1 nitrogen and oxygen atoms in total. The molecule has 0 atom stereocenters. The molecule has 1 heterocycles. The number of aromatic nitrogens is 1. The van der Waals surface area contributed by atoms with Crippen LogP contribution in [0.3, 0.4) is 0 Å². The molecule has 0 bridgehead atoms. The molecule has 0 unspecified atom stereocenters. The summed E-state index contributed by atoms with van der Waals surface area (Å²) in [6, 6.07) is 14.8. The lowest BCUT2D eigenvalue weighted by Gasteiger charge is -2.00. The third-order valence-corrected chi connectivity index (χ3v) is 2.51. The van der Waals surface area contributed by atoms with Crippen LogP contribution < -0.4 is 0 Å². The average molecular weight is 179 g/mol. The van der Waals surface area contributed by atoms with Crippen molar-refractivity contribution in [3.63, 3.8) is 0 Å². The Morgan fingerprint density at radius 3 is 2.14 bits per heavy atom. The summed E-state index contributed by atoms with van der Waals surface area (Å²) in [6.07, 6.45) is 3.74. The van der Waals surface area contributed by atoms with E-state index in [0.29, 0.717) is 0 Å². The molecule has 0 aliphatic heterocycles. The third kappa shape index (κ3) is 1.06. The highest BCUT2D eigenvalue weighted by molar-refractivity contribution is 5.97. The Hall–Kier alpha value is -1.89. The molecule has 0 saturated carbocycles. The molecule has 0 N–H and O–H groups in total. The molecular formula is C13H9N. The fourth-order valence-electron chi connectivity index (χ4n) is 1.78. The van der Waals surface area contributed by atoms with Crippen molar-refractivity contribution in [3.8, 4) is 0 Å². The second-order valence-electron chi connectivity index (χ2n) is 3.42. The highest BCUT2D eigenvalue weighted by Gasteiger charge is 1.95. The van der Waals surface area contributed by atoms with Crippen LogP contribution in [0, 0.1) is 0 Å². The van der Waals surface area contributed by atoms with Crippen LogP contribution in [-0.4, -0.2) is 4.98 Å². The molecule has 0 amide bonds. The zero-order chi connectivity index (χ0) is 9.38. The van der Waals surface area contributed by atoms with E-state index in [9.17, 15) is 0 Å². The van der Waals surface area contributed by atoms with Crippen LogP contribution in [0.1, 0.15) is 0 Å². The number of pyridine rings is 1. The summed E-state index contributed by atoms with van der Waals surface area (Å²) in [6.45, 7) is 0. The fourth-order valence-corrected chi connectivity index (χ4v) is 1.78. The van der Waals surface area contributed by atoms with Gasteiger partial charge in [0.1, 0.15) is 0 Å². The van der Waals surface area contributed by atoms with Crippen LogP contribution in [0.2, 0.25) is 0 Å².